The fourth-order valence-corrected chi connectivity index (χ4v) is 3.14. The Hall–Kier alpha value is -1.27. The number of hydrogen-bond acceptors (Lipinski definition) is 3. The SMILES string of the molecule is FC(F)(F)c1cc(N2CCCC2)ccc1CN1CCOCC1. The molecule has 0 spiro atoms. The van der Waals surface area contributed by atoms with Gasteiger partial charge in [-0.25, -0.2) is 0 Å². The van der Waals surface area contributed by atoms with Crippen molar-refractivity contribution >= 4 is 5.69 Å². The maximum Gasteiger partial charge on any atom is 0.416 e. The number of halogens is 3. The molecule has 0 atom stereocenters. The van der Waals surface area contributed by atoms with Crippen molar-refractivity contribution in [3.63, 3.8) is 0 Å². The lowest BCUT2D eigenvalue weighted by atomic mass is 10.0. The smallest absolute Gasteiger partial charge is 0.379 e. The molecule has 2 saturated heterocycles. The van der Waals surface area contributed by atoms with Gasteiger partial charge in [-0.1, -0.05) is 6.07 Å². The Labute approximate surface area is 128 Å². The van der Waals surface area contributed by atoms with Gasteiger partial charge in [0.1, 0.15) is 0 Å². The Morgan fingerprint density at radius 3 is 2.32 bits per heavy atom. The van der Waals surface area contributed by atoms with Gasteiger partial charge < -0.3 is 9.64 Å². The number of hydrogen-bond donors (Lipinski definition) is 0. The molecule has 122 valence electrons. The van der Waals surface area contributed by atoms with Crippen molar-refractivity contribution in [3.8, 4) is 0 Å². The third-order valence-electron chi connectivity index (χ3n) is 4.37. The van der Waals surface area contributed by atoms with Crippen LogP contribution in [0.1, 0.15) is 24.0 Å². The topological polar surface area (TPSA) is 15.7 Å². The predicted molar refractivity (Wildman–Crippen MR) is 79.0 cm³/mol. The average molecular weight is 314 g/mol. The number of anilines is 1. The van der Waals surface area contributed by atoms with Gasteiger partial charge >= 0.3 is 6.18 Å². The van der Waals surface area contributed by atoms with Crippen LogP contribution in [0.3, 0.4) is 0 Å². The van der Waals surface area contributed by atoms with Gasteiger partial charge in [0.2, 0.25) is 0 Å². The van der Waals surface area contributed by atoms with Crippen molar-refractivity contribution in [1.29, 1.82) is 0 Å². The lowest BCUT2D eigenvalue weighted by Crippen LogP contribution is -2.36. The Morgan fingerprint density at radius 1 is 1.00 bits per heavy atom. The Morgan fingerprint density at radius 2 is 1.68 bits per heavy atom. The first-order valence-electron chi connectivity index (χ1n) is 7.79. The Kier molecular flexibility index (Phi) is 4.59. The minimum absolute atomic E-state index is 0.332. The minimum atomic E-state index is -4.31. The molecule has 0 bridgehead atoms. The first-order valence-corrected chi connectivity index (χ1v) is 7.79. The van der Waals surface area contributed by atoms with Crippen LogP contribution in [-0.2, 0) is 17.5 Å². The lowest BCUT2D eigenvalue weighted by Gasteiger charge is -2.28. The maximum absolute atomic E-state index is 13.4. The summed E-state index contributed by atoms with van der Waals surface area (Å²) in [6, 6.07) is 4.80. The third-order valence-corrected chi connectivity index (χ3v) is 4.37. The van der Waals surface area contributed by atoms with E-state index in [1.54, 1.807) is 6.07 Å². The zero-order chi connectivity index (χ0) is 15.6. The molecular weight excluding hydrogens is 293 g/mol. The van der Waals surface area contributed by atoms with Crippen molar-refractivity contribution in [2.24, 2.45) is 0 Å². The van der Waals surface area contributed by atoms with Crippen LogP contribution in [0.5, 0.6) is 0 Å². The molecule has 0 aliphatic carbocycles. The molecule has 0 amide bonds. The number of alkyl halides is 3. The van der Waals surface area contributed by atoms with E-state index in [1.165, 1.54) is 6.07 Å². The normalized spacial score (nSPS) is 20.6. The van der Waals surface area contributed by atoms with Gasteiger partial charge in [-0.15, -0.1) is 0 Å². The van der Waals surface area contributed by atoms with E-state index < -0.39 is 11.7 Å². The highest BCUT2D eigenvalue weighted by Gasteiger charge is 2.34. The molecule has 2 aliphatic heterocycles. The van der Waals surface area contributed by atoms with Gasteiger partial charge in [-0.3, -0.25) is 4.90 Å². The van der Waals surface area contributed by atoms with Crippen molar-refractivity contribution in [3.05, 3.63) is 29.3 Å². The molecule has 0 unspecified atom stereocenters. The average Bonchev–Trinajstić information content (AvgIpc) is 3.02. The summed E-state index contributed by atoms with van der Waals surface area (Å²) in [5, 5.41) is 0. The molecule has 0 saturated carbocycles. The van der Waals surface area contributed by atoms with E-state index in [1.807, 2.05) is 15.9 Å². The second kappa shape index (κ2) is 6.46. The largest absolute Gasteiger partial charge is 0.416 e. The highest BCUT2D eigenvalue weighted by molar-refractivity contribution is 5.52. The van der Waals surface area contributed by atoms with Gasteiger partial charge in [0, 0.05) is 38.4 Å². The van der Waals surface area contributed by atoms with Gasteiger partial charge in [0.25, 0.3) is 0 Å². The van der Waals surface area contributed by atoms with Crippen LogP contribution in [0.4, 0.5) is 18.9 Å². The number of ether oxygens (including phenoxy) is 1. The third kappa shape index (κ3) is 3.55. The molecule has 2 aliphatic rings. The summed E-state index contributed by atoms with van der Waals surface area (Å²) >= 11 is 0. The molecule has 0 aromatic heterocycles. The molecule has 2 fully saturated rings. The maximum atomic E-state index is 13.4. The first-order chi connectivity index (χ1) is 10.5. The van der Waals surface area contributed by atoms with E-state index in [0.717, 1.165) is 25.9 Å². The Balaban J connectivity index is 1.84. The second-order valence-corrected chi connectivity index (χ2v) is 5.92. The van der Waals surface area contributed by atoms with Crippen LogP contribution in [0, 0.1) is 0 Å². The standard InChI is InChI=1S/C16H21F3N2O/c17-16(18,19)15-11-14(21-5-1-2-6-21)4-3-13(15)12-20-7-9-22-10-8-20/h3-4,11H,1-2,5-10,12H2. The van der Waals surface area contributed by atoms with Crippen molar-refractivity contribution in [1.82, 2.24) is 4.90 Å². The van der Waals surface area contributed by atoms with Crippen LogP contribution in [0.2, 0.25) is 0 Å². The first kappa shape index (κ1) is 15.6. The van der Waals surface area contributed by atoms with E-state index in [4.69, 9.17) is 4.74 Å². The summed E-state index contributed by atoms with van der Waals surface area (Å²) in [6.07, 6.45) is -2.20. The molecule has 0 N–H and O–H groups in total. The summed E-state index contributed by atoms with van der Waals surface area (Å²) in [5.74, 6) is 0. The lowest BCUT2D eigenvalue weighted by molar-refractivity contribution is -0.138. The zero-order valence-electron chi connectivity index (χ0n) is 12.5. The van der Waals surface area contributed by atoms with Crippen LogP contribution in [0.15, 0.2) is 18.2 Å². The van der Waals surface area contributed by atoms with Gasteiger partial charge in [-0.05, 0) is 30.5 Å². The molecule has 6 heteroatoms. The quantitative estimate of drug-likeness (QED) is 0.852. The molecule has 1 aromatic carbocycles. The van der Waals surface area contributed by atoms with E-state index >= 15 is 0 Å². The van der Waals surface area contributed by atoms with E-state index in [2.05, 4.69) is 0 Å². The van der Waals surface area contributed by atoms with Crippen LogP contribution < -0.4 is 4.90 Å². The van der Waals surface area contributed by atoms with E-state index in [9.17, 15) is 13.2 Å². The summed E-state index contributed by atoms with van der Waals surface area (Å²) in [7, 11) is 0. The molecule has 3 nitrogen and oxygen atoms in total. The fraction of sp³-hybridized carbons (Fsp3) is 0.625. The van der Waals surface area contributed by atoms with E-state index in [-0.39, 0.29) is 0 Å². The zero-order valence-corrected chi connectivity index (χ0v) is 12.5. The fourth-order valence-electron chi connectivity index (χ4n) is 3.14. The van der Waals surface area contributed by atoms with Crippen molar-refractivity contribution < 1.29 is 17.9 Å². The van der Waals surface area contributed by atoms with Gasteiger partial charge in [0.05, 0.1) is 18.8 Å². The molecule has 0 radical (unpaired) electrons. The highest BCUT2D eigenvalue weighted by Crippen LogP contribution is 2.36. The van der Waals surface area contributed by atoms with E-state index in [0.29, 0.717) is 44.1 Å². The monoisotopic (exact) mass is 314 g/mol. The number of nitrogens with zero attached hydrogens (tertiary/aromatic N) is 2. The number of benzene rings is 1. The van der Waals surface area contributed by atoms with Crippen molar-refractivity contribution in [2.45, 2.75) is 25.6 Å². The summed E-state index contributed by atoms with van der Waals surface area (Å²) < 4.78 is 45.5. The summed E-state index contributed by atoms with van der Waals surface area (Å²) in [5.41, 5.74) is 0.552. The van der Waals surface area contributed by atoms with Gasteiger partial charge in [0.15, 0.2) is 0 Å². The molecular formula is C16H21F3N2O. The molecule has 1 aromatic rings. The predicted octanol–water partition coefficient (Wildman–Crippen LogP) is 3.14. The Bertz CT molecular complexity index is 507. The molecule has 3 rings (SSSR count). The second-order valence-electron chi connectivity index (χ2n) is 5.92. The minimum Gasteiger partial charge on any atom is -0.379 e. The van der Waals surface area contributed by atoms with Crippen LogP contribution in [0.25, 0.3) is 0 Å². The van der Waals surface area contributed by atoms with Gasteiger partial charge in [-0.2, -0.15) is 13.2 Å². The molecule has 22 heavy (non-hydrogen) atoms. The number of morpholine rings is 1. The molecule has 2 heterocycles. The number of rotatable bonds is 3. The van der Waals surface area contributed by atoms with Crippen LogP contribution in [-0.4, -0.2) is 44.3 Å². The summed E-state index contributed by atoms with van der Waals surface area (Å²) in [6.45, 7) is 4.58. The van der Waals surface area contributed by atoms with Crippen LogP contribution >= 0.6 is 0 Å². The van der Waals surface area contributed by atoms with Crippen molar-refractivity contribution in [2.75, 3.05) is 44.3 Å². The highest BCUT2D eigenvalue weighted by atomic mass is 19.4. The summed E-state index contributed by atoms with van der Waals surface area (Å²) in [4.78, 5) is 4.05.